The summed E-state index contributed by atoms with van der Waals surface area (Å²) in [5, 5.41) is 0.0253. The average molecular weight is 264 g/mol. The van der Waals surface area contributed by atoms with Gasteiger partial charge in [0, 0.05) is 5.56 Å². The lowest BCUT2D eigenvalue weighted by Gasteiger charge is -2.04. The summed E-state index contributed by atoms with van der Waals surface area (Å²) in [6.45, 7) is 0. The van der Waals surface area contributed by atoms with Crippen molar-refractivity contribution in [3.63, 3.8) is 0 Å². The minimum absolute atomic E-state index is 0.0253. The van der Waals surface area contributed by atoms with Gasteiger partial charge in [0.1, 0.15) is 17.0 Å². The summed E-state index contributed by atoms with van der Waals surface area (Å²) in [6, 6.07) is 4.33. The van der Waals surface area contributed by atoms with Crippen LogP contribution in [-0.4, -0.2) is 19.9 Å². The Morgan fingerprint density at radius 1 is 1.28 bits per heavy atom. The number of aromatic nitrogens is 4. The van der Waals surface area contributed by atoms with Crippen LogP contribution in [0.25, 0.3) is 22.4 Å². The molecule has 0 atom stereocenters. The van der Waals surface area contributed by atoms with Crippen LogP contribution >= 0.6 is 11.6 Å². The van der Waals surface area contributed by atoms with E-state index in [1.807, 2.05) is 0 Å². The molecule has 3 aromatic rings. The summed E-state index contributed by atoms with van der Waals surface area (Å²) < 4.78 is 13.1. The number of H-pyrrole nitrogens is 1. The van der Waals surface area contributed by atoms with Crippen molar-refractivity contribution in [3.05, 3.63) is 35.4 Å². The van der Waals surface area contributed by atoms with E-state index in [1.54, 1.807) is 6.07 Å². The number of nitrogens with zero attached hydrogens (tertiary/aromatic N) is 3. The van der Waals surface area contributed by atoms with E-state index in [0.717, 1.165) is 0 Å². The molecule has 0 amide bonds. The zero-order chi connectivity index (χ0) is 12.7. The number of fused-ring (bicyclic) bond motifs is 1. The van der Waals surface area contributed by atoms with E-state index in [1.165, 1.54) is 18.5 Å². The SMILES string of the molecule is Nc1nc(-c2ccc(F)c(Cl)c2)c2[nH]cnc2n1. The Morgan fingerprint density at radius 3 is 2.89 bits per heavy atom. The molecule has 3 rings (SSSR count). The first-order valence-electron chi connectivity index (χ1n) is 5.07. The van der Waals surface area contributed by atoms with Gasteiger partial charge in [-0.25, -0.2) is 14.4 Å². The zero-order valence-corrected chi connectivity index (χ0v) is 9.74. The Labute approximate surface area is 106 Å². The number of hydrogen-bond donors (Lipinski definition) is 2. The minimum Gasteiger partial charge on any atom is -0.368 e. The molecule has 0 spiro atoms. The van der Waals surface area contributed by atoms with Gasteiger partial charge in [0.05, 0.1) is 11.3 Å². The Balaban J connectivity index is 2.30. The highest BCUT2D eigenvalue weighted by Crippen LogP contribution is 2.27. The van der Waals surface area contributed by atoms with Crippen molar-refractivity contribution in [2.45, 2.75) is 0 Å². The number of aromatic amines is 1. The second kappa shape index (κ2) is 3.92. The van der Waals surface area contributed by atoms with Crippen molar-refractivity contribution in [3.8, 4) is 11.3 Å². The molecule has 0 aliphatic rings. The smallest absolute Gasteiger partial charge is 0.222 e. The van der Waals surface area contributed by atoms with Gasteiger partial charge in [-0.1, -0.05) is 11.6 Å². The molecule has 0 fully saturated rings. The summed E-state index contributed by atoms with van der Waals surface area (Å²) in [6.07, 6.45) is 1.49. The van der Waals surface area contributed by atoms with Crippen molar-refractivity contribution in [2.75, 3.05) is 5.73 Å². The Bertz CT molecular complexity index is 739. The van der Waals surface area contributed by atoms with Crippen LogP contribution in [0.5, 0.6) is 0 Å². The summed E-state index contributed by atoms with van der Waals surface area (Å²) >= 11 is 5.75. The summed E-state index contributed by atoms with van der Waals surface area (Å²) in [7, 11) is 0. The van der Waals surface area contributed by atoms with Crippen LogP contribution in [0.15, 0.2) is 24.5 Å². The molecule has 2 aromatic heterocycles. The predicted octanol–water partition coefficient (Wildman–Crippen LogP) is 2.39. The topological polar surface area (TPSA) is 80.5 Å². The number of benzene rings is 1. The van der Waals surface area contributed by atoms with Gasteiger partial charge in [0.25, 0.3) is 0 Å². The summed E-state index contributed by atoms with van der Waals surface area (Å²) in [5.74, 6) is -0.381. The van der Waals surface area contributed by atoms with E-state index < -0.39 is 5.82 Å². The molecule has 0 saturated carbocycles. The third-order valence-corrected chi connectivity index (χ3v) is 2.79. The fraction of sp³-hybridized carbons (Fsp3) is 0. The lowest BCUT2D eigenvalue weighted by Crippen LogP contribution is -1.98. The monoisotopic (exact) mass is 263 g/mol. The van der Waals surface area contributed by atoms with E-state index in [4.69, 9.17) is 17.3 Å². The molecule has 5 nitrogen and oxygen atoms in total. The van der Waals surface area contributed by atoms with Crippen LogP contribution in [0.2, 0.25) is 5.02 Å². The molecule has 2 heterocycles. The van der Waals surface area contributed by atoms with Gasteiger partial charge >= 0.3 is 0 Å². The molecule has 0 radical (unpaired) electrons. The Hall–Kier alpha value is -2.21. The van der Waals surface area contributed by atoms with Gasteiger partial charge in [0.15, 0.2) is 5.65 Å². The number of nitrogens with one attached hydrogen (secondary N) is 1. The molecule has 0 aliphatic carbocycles. The number of anilines is 1. The van der Waals surface area contributed by atoms with E-state index in [-0.39, 0.29) is 11.0 Å². The average Bonchev–Trinajstić information content (AvgIpc) is 2.79. The Kier molecular flexibility index (Phi) is 2.38. The van der Waals surface area contributed by atoms with Gasteiger partial charge in [-0.15, -0.1) is 0 Å². The molecule has 0 saturated heterocycles. The highest BCUT2D eigenvalue weighted by Gasteiger charge is 2.12. The maximum atomic E-state index is 13.1. The molecule has 0 bridgehead atoms. The van der Waals surface area contributed by atoms with Gasteiger partial charge < -0.3 is 10.7 Å². The normalized spacial score (nSPS) is 11.0. The second-order valence-corrected chi connectivity index (χ2v) is 4.07. The van der Waals surface area contributed by atoms with E-state index in [0.29, 0.717) is 22.4 Å². The molecular formula is C11H7ClFN5. The van der Waals surface area contributed by atoms with Crippen LogP contribution in [0.4, 0.5) is 10.3 Å². The predicted molar refractivity (Wildman–Crippen MR) is 66.5 cm³/mol. The number of nitrogens with two attached hydrogens (primary N) is 1. The first-order valence-corrected chi connectivity index (χ1v) is 5.45. The number of hydrogen-bond acceptors (Lipinski definition) is 4. The standard InChI is InChI=1S/C11H7ClFN5/c12-6-3-5(1-2-7(6)13)8-9-10(16-4-15-9)18-11(14)17-8/h1-4H,(H3,14,15,16,17,18). The van der Waals surface area contributed by atoms with Gasteiger partial charge in [0.2, 0.25) is 5.95 Å². The first-order chi connectivity index (χ1) is 8.65. The number of nitrogen functional groups attached to an aromatic ring is 1. The largest absolute Gasteiger partial charge is 0.368 e. The fourth-order valence-electron chi connectivity index (χ4n) is 1.70. The van der Waals surface area contributed by atoms with Crippen LogP contribution in [0.3, 0.4) is 0 Å². The molecule has 90 valence electrons. The van der Waals surface area contributed by atoms with Crippen LogP contribution in [0.1, 0.15) is 0 Å². The Morgan fingerprint density at radius 2 is 2.11 bits per heavy atom. The van der Waals surface area contributed by atoms with Gasteiger partial charge in [-0.05, 0) is 18.2 Å². The molecule has 3 N–H and O–H groups in total. The van der Waals surface area contributed by atoms with Crippen molar-refractivity contribution >= 4 is 28.7 Å². The summed E-state index contributed by atoms with van der Waals surface area (Å²) in [5.41, 5.74) is 7.88. The quantitative estimate of drug-likeness (QED) is 0.706. The molecular weight excluding hydrogens is 257 g/mol. The highest BCUT2D eigenvalue weighted by atomic mass is 35.5. The molecule has 0 unspecified atom stereocenters. The van der Waals surface area contributed by atoms with Crippen molar-refractivity contribution < 1.29 is 4.39 Å². The molecule has 7 heteroatoms. The van der Waals surface area contributed by atoms with E-state index in [2.05, 4.69) is 19.9 Å². The zero-order valence-electron chi connectivity index (χ0n) is 8.98. The third kappa shape index (κ3) is 1.67. The number of halogens is 2. The minimum atomic E-state index is -0.483. The van der Waals surface area contributed by atoms with Crippen LogP contribution < -0.4 is 5.73 Å². The first kappa shape index (κ1) is 10.9. The lowest BCUT2D eigenvalue weighted by molar-refractivity contribution is 0.628. The molecule has 1 aromatic carbocycles. The highest BCUT2D eigenvalue weighted by molar-refractivity contribution is 6.31. The molecule has 18 heavy (non-hydrogen) atoms. The van der Waals surface area contributed by atoms with Crippen molar-refractivity contribution in [1.29, 1.82) is 0 Å². The molecule has 0 aliphatic heterocycles. The van der Waals surface area contributed by atoms with Crippen molar-refractivity contribution in [1.82, 2.24) is 19.9 Å². The van der Waals surface area contributed by atoms with Crippen LogP contribution in [-0.2, 0) is 0 Å². The third-order valence-electron chi connectivity index (χ3n) is 2.50. The van der Waals surface area contributed by atoms with Crippen LogP contribution in [0, 0.1) is 5.82 Å². The maximum absolute atomic E-state index is 13.1. The number of imidazole rings is 1. The van der Waals surface area contributed by atoms with Crippen molar-refractivity contribution in [2.24, 2.45) is 0 Å². The second-order valence-electron chi connectivity index (χ2n) is 3.66. The lowest BCUT2D eigenvalue weighted by atomic mass is 10.1. The summed E-state index contributed by atoms with van der Waals surface area (Å²) in [4.78, 5) is 15.0. The van der Waals surface area contributed by atoms with E-state index >= 15 is 0 Å². The van der Waals surface area contributed by atoms with Gasteiger partial charge in [-0.3, -0.25) is 0 Å². The fourth-order valence-corrected chi connectivity index (χ4v) is 1.88. The van der Waals surface area contributed by atoms with Gasteiger partial charge in [-0.2, -0.15) is 4.98 Å². The number of rotatable bonds is 1. The maximum Gasteiger partial charge on any atom is 0.222 e. The van der Waals surface area contributed by atoms with E-state index in [9.17, 15) is 4.39 Å².